The summed E-state index contributed by atoms with van der Waals surface area (Å²) in [5.41, 5.74) is 3.13. The van der Waals surface area contributed by atoms with E-state index in [-0.39, 0.29) is 0 Å². The van der Waals surface area contributed by atoms with E-state index in [0.29, 0.717) is 6.04 Å². The topological polar surface area (TPSA) is 9.72 Å². The van der Waals surface area contributed by atoms with Crippen LogP contribution in [0.4, 0.5) is 0 Å². The Balaban J connectivity index is 0.000000186. The van der Waals surface area contributed by atoms with Crippen molar-refractivity contribution in [1.29, 1.82) is 0 Å². The monoisotopic (exact) mass is 285 g/mol. The summed E-state index contributed by atoms with van der Waals surface area (Å²) in [6.45, 7) is 7.17. The molecule has 3 nitrogen and oxygen atoms in total. The molecule has 3 heterocycles. The van der Waals surface area contributed by atoms with Gasteiger partial charge >= 0.3 is 0 Å². The van der Waals surface area contributed by atoms with Gasteiger partial charge in [-0.1, -0.05) is 36.4 Å². The number of hydrogen-bond donors (Lipinski definition) is 0. The van der Waals surface area contributed by atoms with Crippen molar-refractivity contribution in [2.45, 2.75) is 12.5 Å². The van der Waals surface area contributed by atoms with Crippen LogP contribution in [-0.2, 0) is 6.42 Å². The van der Waals surface area contributed by atoms with Gasteiger partial charge in [-0.25, -0.2) is 0 Å². The normalized spacial score (nSPS) is 25.9. The number of rotatable bonds is 0. The molecule has 114 valence electrons. The van der Waals surface area contributed by atoms with Gasteiger partial charge < -0.3 is 4.90 Å². The van der Waals surface area contributed by atoms with Gasteiger partial charge in [0.25, 0.3) is 0 Å². The zero-order valence-corrected chi connectivity index (χ0v) is 13.3. The molecule has 1 unspecified atom stereocenters. The van der Waals surface area contributed by atoms with E-state index in [4.69, 9.17) is 0 Å². The maximum absolute atomic E-state index is 2.64. The summed E-state index contributed by atoms with van der Waals surface area (Å²) in [5.74, 6) is 0. The first-order chi connectivity index (χ1) is 10.2. The molecule has 0 aliphatic carbocycles. The first kappa shape index (κ1) is 14.8. The van der Waals surface area contributed by atoms with E-state index in [0.717, 1.165) is 13.1 Å². The van der Waals surface area contributed by atoms with Crippen molar-refractivity contribution in [3.8, 4) is 0 Å². The van der Waals surface area contributed by atoms with Gasteiger partial charge in [0.05, 0.1) is 0 Å². The highest BCUT2D eigenvalue weighted by Crippen LogP contribution is 2.31. The number of benzene rings is 1. The zero-order chi connectivity index (χ0) is 14.7. The summed E-state index contributed by atoms with van der Waals surface area (Å²) in [4.78, 5) is 7.34. The van der Waals surface area contributed by atoms with Gasteiger partial charge in [-0.15, -0.1) is 0 Å². The van der Waals surface area contributed by atoms with Crippen molar-refractivity contribution in [2.75, 3.05) is 53.4 Å². The molecule has 1 aromatic rings. The summed E-state index contributed by atoms with van der Waals surface area (Å²) in [5, 5.41) is 0. The molecular formula is C18H27N3. The second kappa shape index (κ2) is 6.73. The van der Waals surface area contributed by atoms with Gasteiger partial charge in [-0.2, -0.15) is 0 Å². The Morgan fingerprint density at radius 1 is 0.905 bits per heavy atom. The Morgan fingerprint density at radius 2 is 1.67 bits per heavy atom. The Hall–Kier alpha value is -1.16. The van der Waals surface area contributed by atoms with Crippen molar-refractivity contribution in [3.05, 3.63) is 47.5 Å². The van der Waals surface area contributed by atoms with E-state index in [1.54, 1.807) is 11.1 Å². The molecule has 3 heteroatoms. The van der Waals surface area contributed by atoms with Gasteiger partial charge in [-0.3, -0.25) is 9.80 Å². The number of fused-ring (bicyclic) bond motifs is 3. The van der Waals surface area contributed by atoms with Crippen molar-refractivity contribution >= 4 is 0 Å². The van der Waals surface area contributed by atoms with Crippen molar-refractivity contribution in [3.63, 3.8) is 0 Å². The standard InChI is InChI=1S/C13H18N2.C5H9N/c1-14-8-9-15-7-6-11-4-2-3-5-12(11)13(15)10-14;1-6-4-2-3-5-6/h2-5,13H,6-10H2,1H3;2-3H,4-5H2,1H3. The van der Waals surface area contributed by atoms with Gasteiger partial charge in [0, 0.05) is 45.3 Å². The quantitative estimate of drug-likeness (QED) is 0.675. The third-order valence-electron chi connectivity index (χ3n) is 4.78. The lowest BCUT2D eigenvalue weighted by molar-refractivity contribution is 0.0825. The molecule has 1 atom stereocenters. The van der Waals surface area contributed by atoms with E-state index < -0.39 is 0 Å². The maximum Gasteiger partial charge on any atom is 0.0478 e. The molecule has 0 radical (unpaired) electrons. The first-order valence-electron chi connectivity index (χ1n) is 8.08. The highest BCUT2D eigenvalue weighted by Gasteiger charge is 2.30. The summed E-state index contributed by atoms with van der Waals surface area (Å²) < 4.78 is 0. The Morgan fingerprint density at radius 3 is 2.38 bits per heavy atom. The highest BCUT2D eigenvalue weighted by atomic mass is 15.3. The van der Waals surface area contributed by atoms with Crippen LogP contribution in [0.2, 0.25) is 0 Å². The number of nitrogens with zero attached hydrogens (tertiary/aromatic N) is 3. The summed E-state index contributed by atoms with van der Waals surface area (Å²) in [6.07, 6.45) is 5.59. The lowest BCUT2D eigenvalue weighted by Crippen LogP contribution is -2.49. The van der Waals surface area contributed by atoms with E-state index in [1.165, 1.54) is 32.6 Å². The second-order valence-electron chi connectivity index (χ2n) is 6.46. The molecule has 3 aliphatic heterocycles. The fourth-order valence-corrected chi connectivity index (χ4v) is 3.45. The second-order valence-corrected chi connectivity index (χ2v) is 6.46. The van der Waals surface area contributed by atoms with E-state index >= 15 is 0 Å². The van der Waals surface area contributed by atoms with Crippen molar-refractivity contribution < 1.29 is 0 Å². The highest BCUT2D eigenvalue weighted by molar-refractivity contribution is 5.33. The number of likely N-dealkylation sites (N-methyl/N-ethyl adjacent to an activating group) is 2. The van der Waals surface area contributed by atoms with Crippen LogP contribution < -0.4 is 0 Å². The molecule has 3 aliphatic rings. The van der Waals surface area contributed by atoms with Crippen LogP contribution in [0.1, 0.15) is 17.2 Å². The molecule has 1 saturated heterocycles. The zero-order valence-electron chi connectivity index (χ0n) is 13.3. The molecule has 1 aromatic carbocycles. The Bertz CT molecular complexity index is 489. The van der Waals surface area contributed by atoms with Crippen LogP contribution >= 0.6 is 0 Å². The molecule has 0 saturated carbocycles. The molecule has 1 fully saturated rings. The summed E-state index contributed by atoms with van der Waals surface area (Å²) in [7, 11) is 4.34. The van der Waals surface area contributed by atoms with E-state index in [1.807, 2.05) is 0 Å². The largest absolute Gasteiger partial charge is 0.303 e. The fraction of sp³-hybridized carbons (Fsp3) is 0.556. The fourth-order valence-electron chi connectivity index (χ4n) is 3.45. The van der Waals surface area contributed by atoms with Crippen LogP contribution in [0.3, 0.4) is 0 Å². The Kier molecular flexibility index (Phi) is 4.73. The molecule has 21 heavy (non-hydrogen) atoms. The molecule has 0 bridgehead atoms. The third-order valence-corrected chi connectivity index (χ3v) is 4.78. The average molecular weight is 285 g/mol. The van der Waals surface area contributed by atoms with Crippen LogP contribution in [0.5, 0.6) is 0 Å². The van der Waals surface area contributed by atoms with Crippen LogP contribution in [0, 0.1) is 0 Å². The smallest absolute Gasteiger partial charge is 0.0478 e. The minimum absolute atomic E-state index is 0.647. The minimum Gasteiger partial charge on any atom is -0.303 e. The molecular weight excluding hydrogens is 258 g/mol. The molecule has 4 rings (SSSR count). The minimum atomic E-state index is 0.647. The first-order valence-corrected chi connectivity index (χ1v) is 8.08. The van der Waals surface area contributed by atoms with Crippen LogP contribution in [0.25, 0.3) is 0 Å². The maximum atomic E-state index is 2.64. The van der Waals surface area contributed by atoms with Gasteiger partial charge in [0.15, 0.2) is 0 Å². The van der Waals surface area contributed by atoms with E-state index in [9.17, 15) is 0 Å². The Labute approximate surface area is 128 Å². The van der Waals surface area contributed by atoms with Gasteiger partial charge in [0.1, 0.15) is 0 Å². The molecule has 0 spiro atoms. The van der Waals surface area contributed by atoms with Gasteiger partial charge in [-0.05, 0) is 31.6 Å². The molecule has 0 N–H and O–H groups in total. The van der Waals surface area contributed by atoms with Crippen LogP contribution in [-0.4, -0.2) is 68.1 Å². The number of hydrogen-bond acceptors (Lipinski definition) is 3. The lowest BCUT2D eigenvalue weighted by Gasteiger charge is -2.43. The van der Waals surface area contributed by atoms with Gasteiger partial charge in [0.2, 0.25) is 0 Å². The lowest BCUT2D eigenvalue weighted by atomic mass is 9.91. The average Bonchev–Trinajstić information content (AvgIpc) is 2.99. The number of piperazine rings is 1. The van der Waals surface area contributed by atoms with E-state index in [2.05, 4.69) is 65.2 Å². The summed E-state index contributed by atoms with van der Waals surface area (Å²) >= 11 is 0. The third kappa shape index (κ3) is 3.54. The SMILES string of the molecule is CN1CC=CC1.CN1CCN2CCc3ccccc3C2C1. The van der Waals surface area contributed by atoms with Crippen LogP contribution in [0.15, 0.2) is 36.4 Å². The summed E-state index contributed by atoms with van der Waals surface area (Å²) in [6, 6.07) is 9.60. The predicted molar refractivity (Wildman–Crippen MR) is 88.6 cm³/mol. The van der Waals surface area contributed by atoms with Crippen molar-refractivity contribution in [1.82, 2.24) is 14.7 Å². The molecule has 0 aromatic heterocycles. The molecule has 0 amide bonds. The van der Waals surface area contributed by atoms with Crippen molar-refractivity contribution in [2.24, 2.45) is 0 Å². The predicted octanol–water partition coefficient (Wildman–Crippen LogP) is 2.02.